The van der Waals surface area contributed by atoms with E-state index in [1.165, 1.54) is 0 Å². The van der Waals surface area contributed by atoms with Gasteiger partial charge in [-0.1, -0.05) is 37.6 Å². The van der Waals surface area contributed by atoms with Gasteiger partial charge in [0, 0.05) is 29.2 Å². The fraction of sp³-hybridized carbons (Fsp3) is 0.333. The van der Waals surface area contributed by atoms with Crippen LogP contribution in [0.15, 0.2) is 53.7 Å². The number of nitrogens with zero attached hydrogens (tertiary/aromatic N) is 3. The van der Waals surface area contributed by atoms with Crippen LogP contribution in [0, 0.1) is 0 Å². The van der Waals surface area contributed by atoms with Gasteiger partial charge in [-0.15, -0.1) is 0 Å². The number of aliphatic imine (C=N–C) groups is 1. The Morgan fingerprint density at radius 2 is 2.04 bits per heavy atom. The van der Waals surface area contributed by atoms with Crippen LogP contribution in [-0.4, -0.2) is 45.3 Å². The first-order valence-electron chi connectivity index (χ1n) is 9.52. The van der Waals surface area contributed by atoms with E-state index >= 15 is 0 Å². The van der Waals surface area contributed by atoms with Crippen LogP contribution in [0.2, 0.25) is 0 Å². The van der Waals surface area contributed by atoms with Crippen LogP contribution in [0.3, 0.4) is 0 Å². The maximum absolute atomic E-state index is 10.8. The number of H-pyrrole nitrogens is 1. The summed E-state index contributed by atoms with van der Waals surface area (Å²) in [5, 5.41) is 15.2. The molecular formula is C21H25N5O. The van der Waals surface area contributed by atoms with Crippen molar-refractivity contribution in [2.24, 2.45) is 4.99 Å². The van der Waals surface area contributed by atoms with E-state index in [9.17, 15) is 5.11 Å². The van der Waals surface area contributed by atoms with E-state index in [-0.39, 0.29) is 0 Å². The number of para-hydroxylation sites is 1. The molecule has 1 aliphatic rings. The van der Waals surface area contributed by atoms with E-state index in [1.807, 2.05) is 35.2 Å². The molecule has 0 bridgehead atoms. The second kappa shape index (κ2) is 7.80. The van der Waals surface area contributed by atoms with Gasteiger partial charge in [0.2, 0.25) is 0 Å². The molecule has 1 aromatic carbocycles. The quantitative estimate of drug-likeness (QED) is 0.588. The molecule has 3 aromatic rings. The van der Waals surface area contributed by atoms with Crippen molar-refractivity contribution in [2.75, 3.05) is 13.1 Å². The van der Waals surface area contributed by atoms with Gasteiger partial charge in [-0.25, -0.2) is 0 Å². The third kappa shape index (κ3) is 3.53. The zero-order valence-corrected chi connectivity index (χ0v) is 15.5. The molecular weight excluding hydrogens is 338 g/mol. The van der Waals surface area contributed by atoms with Crippen molar-refractivity contribution < 1.29 is 5.11 Å². The normalized spacial score (nSPS) is 14.8. The number of hydrogen-bond acceptors (Lipinski definition) is 5. The number of aromatic nitrogens is 2. The largest absolute Gasteiger partial charge is 0.374 e. The Bertz CT molecular complexity index is 934. The van der Waals surface area contributed by atoms with E-state index in [0.29, 0.717) is 13.0 Å². The van der Waals surface area contributed by atoms with Crippen LogP contribution < -0.4 is 5.32 Å². The molecule has 0 spiro atoms. The van der Waals surface area contributed by atoms with Gasteiger partial charge in [0.1, 0.15) is 6.23 Å². The molecule has 0 saturated carbocycles. The molecule has 140 valence electrons. The Morgan fingerprint density at radius 1 is 1.19 bits per heavy atom. The molecule has 0 aliphatic carbocycles. The molecule has 3 heterocycles. The van der Waals surface area contributed by atoms with Crippen molar-refractivity contribution in [3.63, 3.8) is 0 Å². The summed E-state index contributed by atoms with van der Waals surface area (Å²) in [6.07, 6.45) is 2.83. The number of benzene rings is 1. The molecule has 1 unspecified atom stereocenters. The third-order valence-electron chi connectivity index (χ3n) is 4.90. The number of aromatic amines is 1. The summed E-state index contributed by atoms with van der Waals surface area (Å²) in [6.45, 7) is 4.19. The summed E-state index contributed by atoms with van der Waals surface area (Å²) in [5.41, 5.74) is 4.08. The highest BCUT2D eigenvalue weighted by Gasteiger charge is 2.25. The molecule has 3 N–H and O–H groups in total. The Hall–Kier alpha value is -2.86. The highest BCUT2D eigenvalue weighted by Crippen LogP contribution is 2.31. The zero-order valence-electron chi connectivity index (χ0n) is 15.5. The molecule has 0 saturated heterocycles. The standard InChI is InChI=1S/C21H25N5O/c1-2-7-19(27)26(21-23-12-13-24-21)14-16-15-8-3-4-9-17(15)25-20(16)18-10-5-6-11-22-18/h3-6,8-11,19,25,27H,2,7,12-14H2,1H3,(H,23,24). The van der Waals surface area contributed by atoms with Gasteiger partial charge in [-0.05, 0) is 24.6 Å². The maximum Gasteiger partial charge on any atom is 0.196 e. The average molecular weight is 363 g/mol. The third-order valence-corrected chi connectivity index (χ3v) is 4.90. The van der Waals surface area contributed by atoms with Crippen molar-refractivity contribution in [2.45, 2.75) is 32.5 Å². The summed E-state index contributed by atoms with van der Waals surface area (Å²) in [5.74, 6) is 0.771. The summed E-state index contributed by atoms with van der Waals surface area (Å²) >= 11 is 0. The van der Waals surface area contributed by atoms with Crippen molar-refractivity contribution in [1.29, 1.82) is 0 Å². The van der Waals surface area contributed by atoms with Gasteiger partial charge in [0.15, 0.2) is 5.96 Å². The van der Waals surface area contributed by atoms with Gasteiger partial charge in [0.25, 0.3) is 0 Å². The molecule has 0 amide bonds. The second-order valence-corrected chi connectivity index (χ2v) is 6.77. The average Bonchev–Trinajstić information content (AvgIpc) is 3.35. The first-order chi connectivity index (χ1) is 13.3. The number of fused-ring (bicyclic) bond motifs is 1. The van der Waals surface area contributed by atoms with E-state index in [2.05, 4.69) is 39.3 Å². The van der Waals surface area contributed by atoms with Crippen LogP contribution in [0.4, 0.5) is 0 Å². The predicted molar refractivity (Wildman–Crippen MR) is 108 cm³/mol. The number of pyridine rings is 1. The van der Waals surface area contributed by atoms with E-state index in [1.54, 1.807) is 6.20 Å². The summed E-state index contributed by atoms with van der Waals surface area (Å²) in [7, 11) is 0. The number of hydrogen-bond donors (Lipinski definition) is 3. The molecule has 1 atom stereocenters. The lowest BCUT2D eigenvalue weighted by Gasteiger charge is -2.30. The van der Waals surface area contributed by atoms with Crippen molar-refractivity contribution in [3.05, 3.63) is 54.2 Å². The summed E-state index contributed by atoms with van der Waals surface area (Å²) < 4.78 is 0. The summed E-state index contributed by atoms with van der Waals surface area (Å²) in [6, 6.07) is 14.2. The SMILES string of the molecule is CCCC(O)N(Cc1c(-c2ccccn2)[nH]c2ccccc12)C1=NCCN1. The fourth-order valence-corrected chi connectivity index (χ4v) is 3.58. The monoisotopic (exact) mass is 363 g/mol. The number of rotatable bonds is 6. The lowest BCUT2D eigenvalue weighted by molar-refractivity contribution is 0.0390. The van der Waals surface area contributed by atoms with Gasteiger partial charge in [-0.3, -0.25) is 9.98 Å². The Morgan fingerprint density at radius 3 is 2.78 bits per heavy atom. The van der Waals surface area contributed by atoms with Crippen molar-refractivity contribution in [1.82, 2.24) is 20.2 Å². The van der Waals surface area contributed by atoms with Crippen LogP contribution in [0.5, 0.6) is 0 Å². The van der Waals surface area contributed by atoms with Crippen molar-refractivity contribution >= 4 is 16.9 Å². The number of aliphatic hydroxyl groups excluding tert-OH is 1. The number of guanidine groups is 1. The second-order valence-electron chi connectivity index (χ2n) is 6.77. The first kappa shape index (κ1) is 17.5. The van der Waals surface area contributed by atoms with Crippen LogP contribution in [0.25, 0.3) is 22.3 Å². The molecule has 1 aliphatic heterocycles. The molecule has 27 heavy (non-hydrogen) atoms. The molecule has 6 heteroatoms. The number of aliphatic hydroxyl groups is 1. The van der Waals surface area contributed by atoms with E-state index < -0.39 is 6.23 Å². The van der Waals surface area contributed by atoms with Gasteiger partial charge in [-0.2, -0.15) is 0 Å². The van der Waals surface area contributed by atoms with Gasteiger partial charge >= 0.3 is 0 Å². The lowest BCUT2D eigenvalue weighted by Crippen LogP contribution is -2.45. The summed E-state index contributed by atoms with van der Waals surface area (Å²) in [4.78, 5) is 14.6. The Balaban J connectivity index is 1.79. The highest BCUT2D eigenvalue weighted by atomic mass is 16.3. The van der Waals surface area contributed by atoms with Crippen LogP contribution >= 0.6 is 0 Å². The molecule has 0 radical (unpaired) electrons. The van der Waals surface area contributed by atoms with Crippen molar-refractivity contribution in [3.8, 4) is 11.4 Å². The van der Waals surface area contributed by atoms with E-state index in [0.717, 1.165) is 53.3 Å². The minimum atomic E-state index is -0.579. The van der Waals surface area contributed by atoms with Crippen LogP contribution in [-0.2, 0) is 6.54 Å². The molecule has 2 aromatic heterocycles. The Labute approximate surface area is 159 Å². The fourth-order valence-electron chi connectivity index (χ4n) is 3.58. The minimum Gasteiger partial charge on any atom is -0.374 e. The zero-order chi connectivity index (χ0) is 18.6. The van der Waals surface area contributed by atoms with Crippen LogP contribution in [0.1, 0.15) is 25.3 Å². The molecule has 0 fully saturated rings. The predicted octanol–water partition coefficient (Wildman–Crippen LogP) is 3.11. The lowest BCUT2D eigenvalue weighted by atomic mass is 10.1. The first-order valence-corrected chi connectivity index (χ1v) is 9.52. The molecule has 6 nitrogen and oxygen atoms in total. The smallest absolute Gasteiger partial charge is 0.196 e. The van der Waals surface area contributed by atoms with E-state index in [4.69, 9.17) is 0 Å². The molecule has 4 rings (SSSR count). The Kier molecular flexibility index (Phi) is 5.07. The minimum absolute atomic E-state index is 0.558. The topological polar surface area (TPSA) is 76.5 Å². The van der Waals surface area contributed by atoms with Gasteiger partial charge < -0.3 is 20.3 Å². The highest BCUT2D eigenvalue weighted by molar-refractivity contribution is 5.91. The number of nitrogens with one attached hydrogen (secondary N) is 2. The van der Waals surface area contributed by atoms with Gasteiger partial charge in [0.05, 0.1) is 24.5 Å². The maximum atomic E-state index is 10.8.